The second-order valence-electron chi connectivity index (χ2n) is 6.11. The van der Waals surface area contributed by atoms with E-state index in [9.17, 15) is 0 Å². The van der Waals surface area contributed by atoms with Crippen LogP contribution in [0.3, 0.4) is 0 Å². The minimum absolute atomic E-state index is 0.485. The Kier molecular flexibility index (Phi) is 6.55. The Balaban J connectivity index is 1.97. The van der Waals surface area contributed by atoms with Crippen molar-refractivity contribution in [2.45, 2.75) is 45.6 Å². The van der Waals surface area contributed by atoms with Crippen LogP contribution in [0, 0.1) is 11.8 Å². The fraction of sp³-hybridized carbons (Fsp3) is 0.667. The number of nitrogens with one attached hydrogen (secondary N) is 1. The fourth-order valence-electron chi connectivity index (χ4n) is 3.25. The van der Waals surface area contributed by atoms with Crippen LogP contribution in [0.4, 0.5) is 0 Å². The Hall–Kier alpha value is -0.860. The van der Waals surface area contributed by atoms with Gasteiger partial charge < -0.3 is 10.1 Å². The van der Waals surface area contributed by atoms with Crippen molar-refractivity contribution < 1.29 is 4.74 Å². The number of rotatable bonds is 7. The molecule has 0 amide bonds. The highest BCUT2D eigenvalue weighted by molar-refractivity contribution is 5.19. The lowest BCUT2D eigenvalue weighted by Gasteiger charge is -2.30. The minimum Gasteiger partial charge on any atom is -0.381 e. The molecule has 1 aliphatic heterocycles. The minimum atomic E-state index is 0.485. The lowest BCUT2D eigenvalue weighted by molar-refractivity contribution is 0.0572. The maximum atomic E-state index is 5.48. The highest BCUT2D eigenvalue weighted by Gasteiger charge is 2.23. The molecule has 2 heteroatoms. The van der Waals surface area contributed by atoms with Crippen LogP contribution in [-0.2, 0) is 4.74 Å². The van der Waals surface area contributed by atoms with Crippen LogP contribution in [0.1, 0.15) is 51.1 Å². The van der Waals surface area contributed by atoms with Crippen LogP contribution < -0.4 is 5.32 Å². The number of hydrogen-bond donors (Lipinski definition) is 1. The highest BCUT2D eigenvalue weighted by atomic mass is 16.5. The third kappa shape index (κ3) is 4.60. The molecule has 0 radical (unpaired) electrons. The van der Waals surface area contributed by atoms with Gasteiger partial charge in [-0.1, -0.05) is 44.2 Å². The smallest absolute Gasteiger partial charge is 0.0468 e. The number of ether oxygens (including phenoxy) is 1. The molecule has 1 aromatic carbocycles. The maximum absolute atomic E-state index is 5.48. The zero-order valence-electron chi connectivity index (χ0n) is 13.0. The van der Waals surface area contributed by atoms with Gasteiger partial charge >= 0.3 is 0 Å². The first kappa shape index (κ1) is 15.5. The maximum Gasteiger partial charge on any atom is 0.0468 e. The van der Waals surface area contributed by atoms with Crippen molar-refractivity contribution in [1.82, 2.24) is 5.32 Å². The lowest BCUT2D eigenvalue weighted by Crippen LogP contribution is -2.30. The molecule has 2 atom stereocenters. The van der Waals surface area contributed by atoms with E-state index in [1.807, 2.05) is 0 Å². The van der Waals surface area contributed by atoms with Crippen molar-refractivity contribution in [3.63, 3.8) is 0 Å². The highest BCUT2D eigenvalue weighted by Crippen LogP contribution is 2.31. The summed E-state index contributed by atoms with van der Waals surface area (Å²) >= 11 is 0. The largest absolute Gasteiger partial charge is 0.381 e. The number of benzene rings is 1. The Morgan fingerprint density at radius 3 is 2.55 bits per heavy atom. The van der Waals surface area contributed by atoms with Crippen molar-refractivity contribution in [2.75, 3.05) is 19.8 Å². The van der Waals surface area contributed by atoms with Gasteiger partial charge in [-0.3, -0.25) is 0 Å². The predicted molar refractivity (Wildman–Crippen MR) is 84.8 cm³/mol. The van der Waals surface area contributed by atoms with Crippen molar-refractivity contribution >= 4 is 0 Å². The summed E-state index contributed by atoms with van der Waals surface area (Å²) in [6.07, 6.45) is 4.96. The van der Waals surface area contributed by atoms with E-state index in [1.165, 1.54) is 31.2 Å². The van der Waals surface area contributed by atoms with E-state index in [-0.39, 0.29) is 0 Å². The molecule has 0 saturated carbocycles. The SMILES string of the molecule is CCCNC(c1ccccc1)C(C)CC1CCOCC1. The van der Waals surface area contributed by atoms with Gasteiger partial charge in [0.2, 0.25) is 0 Å². The Morgan fingerprint density at radius 1 is 1.20 bits per heavy atom. The van der Waals surface area contributed by atoms with Gasteiger partial charge in [0.25, 0.3) is 0 Å². The third-order valence-corrected chi connectivity index (χ3v) is 4.39. The van der Waals surface area contributed by atoms with Crippen molar-refractivity contribution in [3.05, 3.63) is 35.9 Å². The molecule has 1 heterocycles. The monoisotopic (exact) mass is 275 g/mol. The molecule has 1 saturated heterocycles. The molecule has 0 spiro atoms. The van der Waals surface area contributed by atoms with E-state index in [4.69, 9.17) is 4.74 Å². The second kappa shape index (κ2) is 8.43. The summed E-state index contributed by atoms with van der Waals surface area (Å²) in [6.45, 7) is 7.64. The molecule has 0 aromatic heterocycles. The third-order valence-electron chi connectivity index (χ3n) is 4.39. The molecule has 1 fully saturated rings. The van der Waals surface area contributed by atoms with E-state index in [1.54, 1.807) is 0 Å². The Bertz CT molecular complexity index is 359. The molecule has 2 unspecified atom stereocenters. The summed E-state index contributed by atoms with van der Waals surface area (Å²) in [5.74, 6) is 1.51. The van der Waals surface area contributed by atoms with E-state index >= 15 is 0 Å². The summed E-state index contributed by atoms with van der Waals surface area (Å²) in [4.78, 5) is 0. The van der Waals surface area contributed by atoms with Crippen LogP contribution in [0.5, 0.6) is 0 Å². The fourth-order valence-corrected chi connectivity index (χ4v) is 3.25. The quantitative estimate of drug-likeness (QED) is 0.806. The van der Waals surface area contributed by atoms with E-state index in [0.717, 1.165) is 25.7 Å². The molecule has 112 valence electrons. The van der Waals surface area contributed by atoms with E-state index < -0.39 is 0 Å². The van der Waals surface area contributed by atoms with Crippen LogP contribution in [0.15, 0.2) is 30.3 Å². The Labute approximate surface area is 123 Å². The van der Waals surface area contributed by atoms with Gasteiger partial charge in [-0.25, -0.2) is 0 Å². The summed E-state index contributed by atoms with van der Waals surface area (Å²) in [7, 11) is 0. The van der Waals surface area contributed by atoms with Crippen molar-refractivity contribution in [3.8, 4) is 0 Å². The predicted octanol–water partition coefficient (Wildman–Crippen LogP) is 4.18. The molecule has 20 heavy (non-hydrogen) atoms. The summed E-state index contributed by atoms with van der Waals surface area (Å²) in [6, 6.07) is 11.4. The normalized spacial score (nSPS) is 19.7. The molecule has 2 nitrogen and oxygen atoms in total. The molecule has 1 N–H and O–H groups in total. The standard InChI is InChI=1S/C18H29NO/c1-3-11-19-18(17-7-5-4-6-8-17)15(2)14-16-9-12-20-13-10-16/h4-8,15-16,18-19H,3,9-14H2,1-2H3. The summed E-state index contributed by atoms with van der Waals surface area (Å²) < 4.78 is 5.48. The first-order valence-electron chi connectivity index (χ1n) is 8.17. The van der Waals surface area contributed by atoms with Gasteiger partial charge in [0, 0.05) is 19.3 Å². The van der Waals surface area contributed by atoms with Crippen LogP contribution in [0.2, 0.25) is 0 Å². The van der Waals surface area contributed by atoms with E-state index in [2.05, 4.69) is 49.5 Å². The molecular weight excluding hydrogens is 246 g/mol. The van der Waals surface area contributed by atoms with Crippen molar-refractivity contribution in [2.24, 2.45) is 11.8 Å². The van der Waals surface area contributed by atoms with Gasteiger partial charge in [0.15, 0.2) is 0 Å². The average molecular weight is 275 g/mol. The zero-order chi connectivity index (χ0) is 14.2. The molecule has 1 aromatic rings. The van der Waals surface area contributed by atoms with Gasteiger partial charge in [0.1, 0.15) is 0 Å². The van der Waals surface area contributed by atoms with Gasteiger partial charge in [-0.05, 0) is 49.6 Å². The summed E-state index contributed by atoms with van der Waals surface area (Å²) in [5, 5.41) is 3.74. The van der Waals surface area contributed by atoms with Gasteiger partial charge in [-0.2, -0.15) is 0 Å². The topological polar surface area (TPSA) is 21.3 Å². The first-order chi connectivity index (χ1) is 9.81. The first-order valence-corrected chi connectivity index (χ1v) is 8.17. The average Bonchev–Trinajstić information content (AvgIpc) is 2.50. The number of hydrogen-bond acceptors (Lipinski definition) is 2. The van der Waals surface area contributed by atoms with Gasteiger partial charge in [0.05, 0.1) is 0 Å². The second-order valence-corrected chi connectivity index (χ2v) is 6.11. The zero-order valence-corrected chi connectivity index (χ0v) is 13.0. The molecular formula is C18H29NO. The van der Waals surface area contributed by atoms with E-state index in [0.29, 0.717) is 12.0 Å². The van der Waals surface area contributed by atoms with Gasteiger partial charge in [-0.15, -0.1) is 0 Å². The lowest BCUT2D eigenvalue weighted by atomic mass is 9.83. The molecule has 0 aliphatic carbocycles. The molecule has 1 aliphatic rings. The molecule has 2 rings (SSSR count). The Morgan fingerprint density at radius 2 is 1.90 bits per heavy atom. The van der Waals surface area contributed by atoms with Crippen LogP contribution in [0.25, 0.3) is 0 Å². The molecule has 0 bridgehead atoms. The van der Waals surface area contributed by atoms with Crippen LogP contribution >= 0.6 is 0 Å². The van der Waals surface area contributed by atoms with Crippen molar-refractivity contribution in [1.29, 1.82) is 0 Å². The summed E-state index contributed by atoms with van der Waals surface area (Å²) in [5.41, 5.74) is 1.43. The van der Waals surface area contributed by atoms with Crippen LogP contribution in [-0.4, -0.2) is 19.8 Å².